The number of benzene rings is 1. The van der Waals surface area contributed by atoms with Crippen molar-refractivity contribution in [2.24, 2.45) is 0 Å². The molecule has 1 saturated heterocycles. The molecular formula is C17H28N2O. The van der Waals surface area contributed by atoms with E-state index in [1.807, 2.05) is 0 Å². The summed E-state index contributed by atoms with van der Waals surface area (Å²) in [7, 11) is 0. The highest BCUT2D eigenvalue weighted by atomic mass is 16.3. The summed E-state index contributed by atoms with van der Waals surface area (Å²) in [6.45, 7) is 8.98. The van der Waals surface area contributed by atoms with E-state index < -0.39 is 0 Å². The van der Waals surface area contributed by atoms with Crippen LogP contribution in [0.5, 0.6) is 0 Å². The van der Waals surface area contributed by atoms with Gasteiger partial charge in [0.25, 0.3) is 0 Å². The molecule has 20 heavy (non-hydrogen) atoms. The zero-order valence-corrected chi connectivity index (χ0v) is 13.0. The maximum Gasteiger partial charge on any atom is 0.0662 e. The van der Waals surface area contributed by atoms with E-state index in [9.17, 15) is 5.11 Å². The Kier molecular flexibility index (Phi) is 5.06. The Morgan fingerprint density at radius 2 is 1.90 bits per heavy atom. The van der Waals surface area contributed by atoms with Crippen molar-refractivity contribution in [1.82, 2.24) is 4.90 Å². The van der Waals surface area contributed by atoms with Gasteiger partial charge in [0, 0.05) is 18.3 Å². The molecule has 3 heteroatoms. The fourth-order valence-corrected chi connectivity index (χ4v) is 3.00. The highest BCUT2D eigenvalue weighted by Crippen LogP contribution is 2.27. The number of nitrogens with one attached hydrogen (secondary N) is 1. The topological polar surface area (TPSA) is 35.5 Å². The molecule has 112 valence electrons. The third-order valence-electron chi connectivity index (χ3n) is 4.47. The summed E-state index contributed by atoms with van der Waals surface area (Å²) in [6.07, 6.45) is 3.16. The van der Waals surface area contributed by atoms with Gasteiger partial charge in [-0.3, -0.25) is 0 Å². The van der Waals surface area contributed by atoms with Crippen molar-refractivity contribution in [3.63, 3.8) is 0 Å². The highest BCUT2D eigenvalue weighted by Gasteiger charge is 2.32. The lowest BCUT2D eigenvalue weighted by Gasteiger charge is -2.33. The van der Waals surface area contributed by atoms with Crippen LogP contribution in [0.25, 0.3) is 0 Å². The highest BCUT2D eigenvalue weighted by molar-refractivity contribution is 5.47. The lowest BCUT2D eigenvalue weighted by Crippen LogP contribution is -2.43. The SMILES string of the molecule is Cc1ccc(NC2(CO)CCCN(C(C)C)CC2)cc1. The zero-order chi connectivity index (χ0) is 14.6. The second kappa shape index (κ2) is 6.59. The van der Waals surface area contributed by atoms with Gasteiger partial charge in [-0.15, -0.1) is 0 Å². The molecule has 1 aliphatic heterocycles. The fourth-order valence-electron chi connectivity index (χ4n) is 3.00. The summed E-state index contributed by atoms with van der Waals surface area (Å²) in [5, 5.41) is 13.5. The van der Waals surface area contributed by atoms with Crippen LogP contribution in [0, 0.1) is 6.92 Å². The predicted molar refractivity (Wildman–Crippen MR) is 85.2 cm³/mol. The number of likely N-dealkylation sites (tertiary alicyclic amines) is 1. The van der Waals surface area contributed by atoms with Gasteiger partial charge in [0.2, 0.25) is 0 Å². The second-order valence-electron chi connectivity index (χ2n) is 6.41. The molecule has 0 radical (unpaired) electrons. The van der Waals surface area contributed by atoms with Crippen LogP contribution >= 0.6 is 0 Å². The first-order valence-electron chi connectivity index (χ1n) is 7.74. The molecule has 3 nitrogen and oxygen atoms in total. The first-order chi connectivity index (χ1) is 9.54. The number of aliphatic hydroxyl groups is 1. The Hall–Kier alpha value is -1.06. The number of aliphatic hydroxyl groups excluding tert-OH is 1. The van der Waals surface area contributed by atoms with Crippen LogP contribution in [-0.4, -0.2) is 41.3 Å². The first-order valence-corrected chi connectivity index (χ1v) is 7.74. The molecule has 2 N–H and O–H groups in total. The van der Waals surface area contributed by atoms with Gasteiger partial charge in [0.15, 0.2) is 0 Å². The van der Waals surface area contributed by atoms with Crippen LogP contribution < -0.4 is 5.32 Å². The van der Waals surface area contributed by atoms with Gasteiger partial charge in [-0.2, -0.15) is 0 Å². The van der Waals surface area contributed by atoms with Gasteiger partial charge >= 0.3 is 0 Å². The van der Waals surface area contributed by atoms with Crippen LogP contribution in [0.3, 0.4) is 0 Å². The minimum Gasteiger partial charge on any atom is -0.394 e. The Labute approximate surface area is 123 Å². The molecule has 0 saturated carbocycles. The van der Waals surface area contributed by atoms with E-state index in [-0.39, 0.29) is 12.1 Å². The molecule has 1 aromatic rings. The van der Waals surface area contributed by atoms with Crippen molar-refractivity contribution in [1.29, 1.82) is 0 Å². The monoisotopic (exact) mass is 276 g/mol. The molecular weight excluding hydrogens is 248 g/mol. The van der Waals surface area contributed by atoms with Crippen molar-refractivity contribution in [3.8, 4) is 0 Å². The van der Waals surface area contributed by atoms with Crippen LogP contribution in [-0.2, 0) is 0 Å². The molecule has 0 bridgehead atoms. The van der Waals surface area contributed by atoms with E-state index in [1.165, 1.54) is 5.56 Å². The Bertz CT molecular complexity index is 416. The molecule has 1 unspecified atom stereocenters. The fraction of sp³-hybridized carbons (Fsp3) is 0.647. The van der Waals surface area contributed by atoms with E-state index in [0.29, 0.717) is 6.04 Å². The molecule has 0 aliphatic carbocycles. The van der Waals surface area contributed by atoms with Crippen molar-refractivity contribution in [2.75, 3.05) is 25.0 Å². The lowest BCUT2D eigenvalue weighted by molar-refractivity contribution is 0.186. The van der Waals surface area contributed by atoms with E-state index in [0.717, 1.165) is 38.0 Å². The number of rotatable bonds is 4. The molecule has 1 atom stereocenters. The van der Waals surface area contributed by atoms with E-state index in [2.05, 4.69) is 55.3 Å². The normalized spacial score (nSPS) is 24.6. The van der Waals surface area contributed by atoms with Crippen LogP contribution in [0.1, 0.15) is 38.7 Å². The van der Waals surface area contributed by atoms with Crippen LogP contribution in [0.15, 0.2) is 24.3 Å². The van der Waals surface area contributed by atoms with Crippen molar-refractivity contribution >= 4 is 5.69 Å². The van der Waals surface area contributed by atoms with E-state index in [4.69, 9.17) is 0 Å². The minimum atomic E-state index is -0.168. The smallest absolute Gasteiger partial charge is 0.0662 e. The summed E-state index contributed by atoms with van der Waals surface area (Å²) < 4.78 is 0. The maximum absolute atomic E-state index is 9.93. The lowest BCUT2D eigenvalue weighted by atomic mass is 9.91. The number of hydrogen-bond donors (Lipinski definition) is 2. The summed E-state index contributed by atoms with van der Waals surface area (Å²) in [5.74, 6) is 0. The third-order valence-corrected chi connectivity index (χ3v) is 4.47. The average molecular weight is 276 g/mol. The first kappa shape index (κ1) is 15.3. The average Bonchev–Trinajstić information content (AvgIpc) is 2.65. The van der Waals surface area contributed by atoms with Crippen molar-refractivity contribution < 1.29 is 5.11 Å². The number of nitrogens with zero attached hydrogens (tertiary/aromatic N) is 1. The molecule has 0 spiro atoms. The van der Waals surface area contributed by atoms with Gasteiger partial charge in [0.1, 0.15) is 0 Å². The minimum absolute atomic E-state index is 0.168. The molecule has 0 amide bonds. The van der Waals surface area contributed by atoms with Gasteiger partial charge in [-0.25, -0.2) is 0 Å². The molecule has 1 fully saturated rings. The van der Waals surface area contributed by atoms with Gasteiger partial charge < -0.3 is 15.3 Å². The van der Waals surface area contributed by atoms with Gasteiger partial charge in [-0.05, 0) is 58.7 Å². The van der Waals surface area contributed by atoms with Gasteiger partial charge in [-0.1, -0.05) is 17.7 Å². The summed E-state index contributed by atoms with van der Waals surface area (Å²) in [5.41, 5.74) is 2.21. The molecule has 0 aromatic heterocycles. The molecule has 2 rings (SSSR count). The van der Waals surface area contributed by atoms with Crippen LogP contribution in [0.2, 0.25) is 0 Å². The quantitative estimate of drug-likeness (QED) is 0.887. The standard InChI is InChI=1S/C17H28N2O/c1-14(2)19-11-4-9-17(13-20,10-12-19)18-16-7-5-15(3)6-8-16/h5-8,14,18,20H,4,9-13H2,1-3H3. The Morgan fingerprint density at radius 1 is 1.20 bits per heavy atom. The Morgan fingerprint density at radius 3 is 2.50 bits per heavy atom. The second-order valence-corrected chi connectivity index (χ2v) is 6.41. The molecule has 1 heterocycles. The number of aryl methyl sites for hydroxylation is 1. The number of anilines is 1. The summed E-state index contributed by atoms with van der Waals surface area (Å²) in [4.78, 5) is 2.51. The summed E-state index contributed by atoms with van der Waals surface area (Å²) in [6, 6.07) is 9.04. The third kappa shape index (κ3) is 3.74. The van der Waals surface area contributed by atoms with Crippen molar-refractivity contribution in [3.05, 3.63) is 29.8 Å². The number of hydrogen-bond acceptors (Lipinski definition) is 3. The Balaban J connectivity index is 2.07. The van der Waals surface area contributed by atoms with E-state index >= 15 is 0 Å². The maximum atomic E-state index is 9.93. The zero-order valence-electron chi connectivity index (χ0n) is 13.0. The van der Waals surface area contributed by atoms with E-state index in [1.54, 1.807) is 0 Å². The largest absolute Gasteiger partial charge is 0.394 e. The molecule has 1 aliphatic rings. The van der Waals surface area contributed by atoms with Crippen LogP contribution in [0.4, 0.5) is 5.69 Å². The summed E-state index contributed by atoms with van der Waals surface area (Å²) >= 11 is 0. The predicted octanol–water partition coefficient (Wildman–Crippen LogP) is 3.03. The van der Waals surface area contributed by atoms with Crippen molar-refractivity contribution in [2.45, 2.75) is 51.6 Å². The van der Waals surface area contributed by atoms with Gasteiger partial charge in [0.05, 0.1) is 12.1 Å². The molecule has 1 aromatic carbocycles.